The summed E-state index contributed by atoms with van der Waals surface area (Å²) in [6.07, 6.45) is 17.5. The fourth-order valence-electron chi connectivity index (χ4n) is 4.13. The smallest absolute Gasteiger partial charge is 0.0288 e. The molecule has 0 amide bonds. The minimum Gasteiger partial charge on any atom is -0.0842 e. The molecule has 4 aliphatic rings. The monoisotopic (exact) mass is 255 g/mol. The molecule has 4 aliphatic carbocycles. The Labute approximate surface area is 119 Å². The van der Waals surface area contributed by atoms with Crippen LogP contribution in [0, 0.1) is 17.9 Å². The lowest BCUT2D eigenvalue weighted by molar-refractivity contribution is 0.665. The van der Waals surface area contributed by atoms with Crippen LogP contribution in [0.5, 0.6) is 0 Å². The fraction of sp³-hybridized carbons (Fsp3) is 0.200. The standard InChI is InChI=1S/C20H15/c1-2-8-15-13(6-1)12-14-7-5-11-17-16-9-3-4-10-18(16)20(15)19(14)17/h1,3-7,9-11,14-15H,2,8H2. The van der Waals surface area contributed by atoms with Gasteiger partial charge < -0.3 is 0 Å². The minimum atomic E-state index is 0.353. The van der Waals surface area contributed by atoms with Gasteiger partial charge >= 0.3 is 0 Å². The maximum atomic E-state index is 3.74. The van der Waals surface area contributed by atoms with Crippen LogP contribution in [-0.4, -0.2) is 0 Å². The van der Waals surface area contributed by atoms with Crippen LogP contribution in [0.1, 0.15) is 24.0 Å². The molecule has 5 rings (SSSR count). The quantitative estimate of drug-likeness (QED) is 0.628. The third kappa shape index (κ3) is 1.22. The molecule has 0 N–H and O–H groups in total. The molecule has 2 atom stereocenters. The van der Waals surface area contributed by atoms with E-state index >= 15 is 0 Å². The van der Waals surface area contributed by atoms with E-state index in [-0.39, 0.29) is 0 Å². The Morgan fingerprint density at radius 3 is 2.90 bits per heavy atom. The van der Waals surface area contributed by atoms with Crippen LogP contribution in [0.3, 0.4) is 0 Å². The van der Waals surface area contributed by atoms with E-state index in [0.29, 0.717) is 11.8 Å². The van der Waals surface area contributed by atoms with Crippen molar-refractivity contribution in [2.24, 2.45) is 11.8 Å². The van der Waals surface area contributed by atoms with Crippen LogP contribution in [0.15, 0.2) is 65.8 Å². The first-order valence-corrected chi connectivity index (χ1v) is 7.46. The van der Waals surface area contributed by atoms with E-state index < -0.39 is 0 Å². The van der Waals surface area contributed by atoms with E-state index in [0.717, 1.165) is 0 Å². The van der Waals surface area contributed by atoms with Gasteiger partial charge in [0.15, 0.2) is 0 Å². The van der Waals surface area contributed by atoms with E-state index in [1.807, 2.05) is 0 Å². The molecule has 0 fully saturated rings. The molecule has 0 saturated carbocycles. The molecule has 1 aromatic carbocycles. The van der Waals surface area contributed by atoms with E-state index in [1.165, 1.54) is 40.7 Å². The van der Waals surface area contributed by atoms with E-state index in [9.17, 15) is 0 Å². The average molecular weight is 255 g/mol. The summed E-state index contributed by atoms with van der Waals surface area (Å²) in [6, 6.07) is 8.90. The summed E-state index contributed by atoms with van der Waals surface area (Å²) in [7, 11) is 0. The molecule has 20 heavy (non-hydrogen) atoms. The average Bonchev–Trinajstić information content (AvgIpc) is 2.85. The summed E-state index contributed by atoms with van der Waals surface area (Å²) >= 11 is 0. The Bertz CT molecular complexity index is 765. The van der Waals surface area contributed by atoms with E-state index in [1.54, 1.807) is 5.57 Å². The van der Waals surface area contributed by atoms with Gasteiger partial charge in [0.1, 0.15) is 0 Å². The van der Waals surface area contributed by atoms with Crippen molar-refractivity contribution >= 4 is 11.1 Å². The highest BCUT2D eigenvalue weighted by Gasteiger charge is 2.38. The number of rotatable bonds is 0. The molecule has 0 saturated heterocycles. The molecule has 0 aromatic heterocycles. The molecule has 0 heterocycles. The molecule has 0 nitrogen and oxygen atoms in total. The predicted octanol–water partition coefficient (Wildman–Crippen LogP) is 4.73. The van der Waals surface area contributed by atoms with Gasteiger partial charge in [0.05, 0.1) is 0 Å². The van der Waals surface area contributed by atoms with Gasteiger partial charge in [0.2, 0.25) is 0 Å². The number of allylic oxidation sites excluding steroid dienone is 10. The number of hydrogen-bond acceptors (Lipinski definition) is 0. The Hall–Kier alpha value is -2.08. The number of benzene rings is 1. The van der Waals surface area contributed by atoms with Gasteiger partial charge in [-0.15, -0.1) is 0 Å². The first-order valence-electron chi connectivity index (χ1n) is 7.46. The van der Waals surface area contributed by atoms with Crippen LogP contribution in [0.4, 0.5) is 0 Å². The maximum Gasteiger partial charge on any atom is 0.0288 e. The molecule has 2 unspecified atom stereocenters. The summed E-state index contributed by atoms with van der Waals surface area (Å²) in [5.41, 5.74) is 8.83. The van der Waals surface area contributed by atoms with Crippen molar-refractivity contribution in [2.45, 2.75) is 12.8 Å². The fourth-order valence-corrected chi connectivity index (χ4v) is 4.13. The Morgan fingerprint density at radius 1 is 1.05 bits per heavy atom. The van der Waals surface area contributed by atoms with Gasteiger partial charge in [0.25, 0.3) is 0 Å². The molecule has 95 valence electrons. The van der Waals surface area contributed by atoms with E-state index in [2.05, 4.69) is 60.7 Å². The van der Waals surface area contributed by atoms with Crippen LogP contribution < -0.4 is 0 Å². The van der Waals surface area contributed by atoms with Gasteiger partial charge in [-0.2, -0.15) is 0 Å². The highest BCUT2D eigenvalue weighted by molar-refractivity contribution is 6.03. The molecular weight excluding hydrogens is 240 g/mol. The molecule has 1 aromatic rings. The third-order valence-electron chi connectivity index (χ3n) is 4.93. The lowest BCUT2D eigenvalue weighted by Crippen LogP contribution is -2.18. The largest absolute Gasteiger partial charge is 0.0842 e. The second-order valence-corrected chi connectivity index (χ2v) is 5.95. The minimum absolute atomic E-state index is 0.353. The second kappa shape index (κ2) is 3.73. The van der Waals surface area contributed by atoms with Gasteiger partial charge in [-0.25, -0.2) is 0 Å². The van der Waals surface area contributed by atoms with Crippen LogP contribution in [0.25, 0.3) is 11.1 Å². The van der Waals surface area contributed by atoms with Crippen molar-refractivity contribution in [1.82, 2.24) is 0 Å². The first-order chi connectivity index (χ1) is 9.93. The van der Waals surface area contributed by atoms with Gasteiger partial charge in [-0.05, 0) is 52.3 Å². The molecule has 0 aliphatic heterocycles. The highest BCUT2D eigenvalue weighted by Crippen LogP contribution is 2.55. The Balaban J connectivity index is 1.83. The highest BCUT2D eigenvalue weighted by atomic mass is 14.4. The van der Waals surface area contributed by atoms with Crippen LogP contribution >= 0.6 is 0 Å². The summed E-state index contributed by atoms with van der Waals surface area (Å²) in [4.78, 5) is 0. The van der Waals surface area contributed by atoms with Crippen LogP contribution in [0.2, 0.25) is 0 Å². The first kappa shape index (κ1) is 10.7. The summed E-state index contributed by atoms with van der Waals surface area (Å²) in [5, 5.41) is 0. The van der Waals surface area contributed by atoms with Gasteiger partial charge in [-0.3, -0.25) is 0 Å². The maximum absolute atomic E-state index is 3.74. The molecule has 1 radical (unpaired) electrons. The second-order valence-electron chi connectivity index (χ2n) is 5.95. The molecule has 0 bridgehead atoms. The molecule has 0 spiro atoms. The summed E-state index contributed by atoms with van der Waals surface area (Å²) < 4.78 is 0. The van der Waals surface area contributed by atoms with E-state index in [4.69, 9.17) is 0 Å². The molecular formula is C20H15. The topological polar surface area (TPSA) is 0 Å². The zero-order valence-electron chi connectivity index (χ0n) is 11.3. The summed E-state index contributed by atoms with van der Waals surface area (Å²) in [5.74, 6) is 0.913. The Morgan fingerprint density at radius 2 is 1.95 bits per heavy atom. The number of fused-ring (bicyclic) bond motifs is 5. The van der Waals surface area contributed by atoms with Crippen molar-refractivity contribution in [3.63, 3.8) is 0 Å². The SMILES string of the molecule is [C]1=C2C=CCCC2C2=C3C(=CC=CC13)c1ccccc12. The lowest BCUT2D eigenvalue weighted by Gasteiger charge is -2.31. The van der Waals surface area contributed by atoms with Crippen molar-refractivity contribution < 1.29 is 0 Å². The number of hydrogen-bond donors (Lipinski definition) is 0. The lowest BCUT2D eigenvalue weighted by atomic mass is 9.72. The zero-order chi connectivity index (χ0) is 13.1. The van der Waals surface area contributed by atoms with Gasteiger partial charge in [-0.1, -0.05) is 54.6 Å². The van der Waals surface area contributed by atoms with Crippen molar-refractivity contribution in [3.05, 3.63) is 83.0 Å². The van der Waals surface area contributed by atoms with Crippen molar-refractivity contribution in [3.8, 4) is 0 Å². The van der Waals surface area contributed by atoms with Crippen LogP contribution in [-0.2, 0) is 0 Å². The third-order valence-corrected chi connectivity index (χ3v) is 4.93. The van der Waals surface area contributed by atoms with Crippen molar-refractivity contribution in [1.29, 1.82) is 0 Å². The Kier molecular flexibility index (Phi) is 1.99. The predicted molar refractivity (Wildman–Crippen MR) is 82.6 cm³/mol. The van der Waals surface area contributed by atoms with Gasteiger partial charge in [0, 0.05) is 11.8 Å². The normalized spacial score (nSPS) is 28.6. The zero-order valence-corrected chi connectivity index (χ0v) is 11.3. The summed E-state index contributed by atoms with van der Waals surface area (Å²) in [6.45, 7) is 0. The van der Waals surface area contributed by atoms with Crippen molar-refractivity contribution in [2.75, 3.05) is 0 Å². The molecule has 0 heteroatoms.